The molecule has 0 aromatic heterocycles. The van der Waals surface area contributed by atoms with Crippen molar-refractivity contribution in [3.05, 3.63) is 65.2 Å². The Hall–Kier alpha value is -3.68. The maximum atomic E-state index is 13.1. The molecule has 0 spiro atoms. The van der Waals surface area contributed by atoms with Gasteiger partial charge in [0.1, 0.15) is 11.8 Å². The van der Waals surface area contributed by atoms with Crippen LogP contribution in [-0.4, -0.2) is 75.7 Å². The van der Waals surface area contributed by atoms with Crippen LogP contribution in [0, 0.1) is 0 Å². The molecule has 1 atom stereocenters. The van der Waals surface area contributed by atoms with Gasteiger partial charge in [0.25, 0.3) is 17.7 Å². The van der Waals surface area contributed by atoms with Crippen LogP contribution in [0.5, 0.6) is 5.75 Å². The van der Waals surface area contributed by atoms with Gasteiger partial charge in [-0.3, -0.25) is 24.1 Å². The lowest BCUT2D eigenvalue weighted by Crippen LogP contribution is -2.50. The summed E-state index contributed by atoms with van der Waals surface area (Å²) in [4.78, 5) is 55.5. The van der Waals surface area contributed by atoms with Crippen molar-refractivity contribution < 1.29 is 24.3 Å². The summed E-state index contributed by atoms with van der Waals surface area (Å²) in [6.07, 6.45) is 0.575. The van der Waals surface area contributed by atoms with Crippen LogP contribution >= 0.6 is 0 Å². The smallest absolute Gasteiger partial charge is 0.262 e. The van der Waals surface area contributed by atoms with Crippen LogP contribution in [0.25, 0.3) is 0 Å². The highest BCUT2D eigenvalue weighted by atomic mass is 16.3. The summed E-state index contributed by atoms with van der Waals surface area (Å²) in [6.45, 7) is 3.09. The van der Waals surface area contributed by atoms with Crippen molar-refractivity contribution in [2.24, 2.45) is 0 Å². The molecule has 2 aromatic carbocycles. The van der Waals surface area contributed by atoms with Crippen LogP contribution in [0.15, 0.2) is 48.5 Å². The number of benzene rings is 2. The van der Waals surface area contributed by atoms with Crippen molar-refractivity contribution in [3.63, 3.8) is 0 Å². The topological polar surface area (TPSA) is 98.2 Å². The van der Waals surface area contributed by atoms with E-state index in [0.717, 1.165) is 4.90 Å². The van der Waals surface area contributed by atoms with Crippen LogP contribution in [0.2, 0.25) is 0 Å². The third-order valence-corrected chi connectivity index (χ3v) is 5.76. The number of carbonyl (C=O) groups is 4. The highest BCUT2D eigenvalue weighted by Gasteiger charge is 2.41. The van der Waals surface area contributed by atoms with E-state index >= 15 is 0 Å². The Bertz CT molecular complexity index is 1030. The quantitative estimate of drug-likeness (QED) is 0.762. The molecule has 0 saturated carbocycles. The fraction of sp³-hybridized carbons (Fsp3) is 0.304. The van der Waals surface area contributed by atoms with Gasteiger partial charge in [0.05, 0.1) is 11.1 Å². The predicted octanol–water partition coefficient (Wildman–Crippen LogP) is 1.75. The monoisotopic (exact) mass is 421 g/mol. The molecule has 8 nitrogen and oxygen atoms in total. The van der Waals surface area contributed by atoms with Gasteiger partial charge in [-0.15, -0.1) is 0 Å². The van der Waals surface area contributed by atoms with Gasteiger partial charge >= 0.3 is 0 Å². The van der Waals surface area contributed by atoms with E-state index in [2.05, 4.69) is 0 Å². The molecular formula is C23H23N3O5. The zero-order valence-electron chi connectivity index (χ0n) is 17.2. The Kier molecular flexibility index (Phi) is 5.46. The minimum Gasteiger partial charge on any atom is -0.508 e. The van der Waals surface area contributed by atoms with Gasteiger partial charge < -0.3 is 14.9 Å². The minimum absolute atomic E-state index is 0.0206. The molecule has 1 fully saturated rings. The molecule has 1 saturated heterocycles. The maximum absolute atomic E-state index is 13.1. The van der Waals surface area contributed by atoms with Gasteiger partial charge in [0, 0.05) is 31.7 Å². The molecular weight excluding hydrogens is 398 g/mol. The Morgan fingerprint density at radius 1 is 0.871 bits per heavy atom. The fourth-order valence-electron chi connectivity index (χ4n) is 4.10. The van der Waals surface area contributed by atoms with E-state index in [1.54, 1.807) is 53.1 Å². The Morgan fingerprint density at radius 3 is 2.13 bits per heavy atom. The van der Waals surface area contributed by atoms with Crippen molar-refractivity contribution in [2.45, 2.75) is 19.4 Å². The van der Waals surface area contributed by atoms with Crippen LogP contribution in [0.4, 0.5) is 0 Å². The molecule has 0 bridgehead atoms. The van der Waals surface area contributed by atoms with Crippen LogP contribution < -0.4 is 0 Å². The maximum Gasteiger partial charge on any atom is 0.262 e. The molecule has 2 aromatic rings. The third kappa shape index (κ3) is 3.76. The van der Waals surface area contributed by atoms with Crippen molar-refractivity contribution in [2.75, 3.05) is 26.2 Å². The largest absolute Gasteiger partial charge is 0.508 e. The summed E-state index contributed by atoms with van der Waals surface area (Å²) < 4.78 is 0. The Balaban J connectivity index is 1.44. The molecule has 8 heteroatoms. The van der Waals surface area contributed by atoms with E-state index < -0.39 is 17.9 Å². The summed E-state index contributed by atoms with van der Waals surface area (Å²) in [5, 5.41) is 9.62. The summed E-state index contributed by atoms with van der Waals surface area (Å²) in [5.41, 5.74) is 1.01. The fourth-order valence-corrected chi connectivity index (χ4v) is 4.10. The molecule has 0 radical (unpaired) electrons. The van der Waals surface area contributed by atoms with E-state index in [-0.39, 0.29) is 17.6 Å². The van der Waals surface area contributed by atoms with Gasteiger partial charge in [0.2, 0.25) is 5.91 Å². The second kappa shape index (κ2) is 8.22. The first kappa shape index (κ1) is 20.6. The SMILES string of the molecule is CC(C(=O)N1CCCN(C(=O)c2cccc(O)c2)CC1)N1C(=O)c2ccccc2C1=O. The average Bonchev–Trinajstić information content (AvgIpc) is 2.93. The average molecular weight is 421 g/mol. The number of rotatable bonds is 3. The Morgan fingerprint density at radius 2 is 1.48 bits per heavy atom. The molecule has 160 valence electrons. The van der Waals surface area contributed by atoms with Crippen molar-refractivity contribution >= 4 is 23.6 Å². The number of hydrogen-bond acceptors (Lipinski definition) is 5. The zero-order valence-corrected chi connectivity index (χ0v) is 17.2. The first-order valence-corrected chi connectivity index (χ1v) is 10.2. The lowest BCUT2D eigenvalue weighted by Gasteiger charge is -2.28. The molecule has 1 N–H and O–H groups in total. The number of imide groups is 1. The van der Waals surface area contributed by atoms with E-state index in [1.807, 2.05) is 0 Å². The molecule has 1 unspecified atom stereocenters. The molecule has 2 aliphatic rings. The number of fused-ring (bicyclic) bond motifs is 1. The lowest BCUT2D eigenvalue weighted by molar-refractivity contribution is -0.134. The summed E-state index contributed by atoms with van der Waals surface area (Å²) in [5.74, 6) is -1.43. The van der Waals surface area contributed by atoms with Crippen LogP contribution in [-0.2, 0) is 4.79 Å². The normalized spacial score (nSPS) is 17.4. The van der Waals surface area contributed by atoms with Gasteiger partial charge in [-0.25, -0.2) is 0 Å². The predicted molar refractivity (Wildman–Crippen MR) is 112 cm³/mol. The second-order valence-corrected chi connectivity index (χ2v) is 7.72. The third-order valence-electron chi connectivity index (χ3n) is 5.76. The molecule has 2 heterocycles. The second-order valence-electron chi connectivity index (χ2n) is 7.72. The number of amides is 4. The first-order valence-electron chi connectivity index (χ1n) is 10.2. The number of carbonyl (C=O) groups excluding carboxylic acids is 4. The minimum atomic E-state index is -0.930. The summed E-state index contributed by atoms with van der Waals surface area (Å²) in [7, 11) is 0. The van der Waals surface area contributed by atoms with Gasteiger partial charge in [-0.1, -0.05) is 18.2 Å². The van der Waals surface area contributed by atoms with E-state index in [4.69, 9.17) is 0 Å². The molecule has 0 aliphatic carbocycles. The van der Waals surface area contributed by atoms with Crippen molar-refractivity contribution in [1.29, 1.82) is 0 Å². The van der Waals surface area contributed by atoms with Gasteiger partial charge in [0.15, 0.2) is 0 Å². The lowest BCUT2D eigenvalue weighted by atomic mass is 10.1. The van der Waals surface area contributed by atoms with E-state index in [9.17, 15) is 24.3 Å². The van der Waals surface area contributed by atoms with Crippen LogP contribution in [0.3, 0.4) is 0 Å². The van der Waals surface area contributed by atoms with Crippen molar-refractivity contribution in [3.8, 4) is 5.75 Å². The van der Waals surface area contributed by atoms with E-state index in [0.29, 0.717) is 49.3 Å². The molecule has 2 aliphatic heterocycles. The number of aromatic hydroxyl groups is 1. The molecule has 4 amide bonds. The number of phenolic OH excluding ortho intramolecular Hbond substituents is 1. The Labute approximate surface area is 179 Å². The molecule has 4 rings (SSSR count). The number of hydrogen-bond donors (Lipinski definition) is 1. The standard InChI is InChI=1S/C23H23N3O5/c1-15(26-22(30)18-8-2-3-9-19(18)23(26)31)20(28)24-10-5-11-25(13-12-24)21(29)16-6-4-7-17(27)14-16/h2-4,6-9,14-15,27H,5,10-13H2,1H3. The highest BCUT2D eigenvalue weighted by Crippen LogP contribution is 2.25. The van der Waals surface area contributed by atoms with Gasteiger partial charge in [-0.2, -0.15) is 0 Å². The van der Waals surface area contributed by atoms with Crippen molar-refractivity contribution in [1.82, 2.24) is 14.7 Å². The first-order chi connectivity index (χ1) is 14.9. The molecule has 31 heavy (non-hydrogen) atoms. The number of nitrogens with zero attached hydrogens (tertiary/aromatic N) is 3. The van der Waals surface area contributed by atoms with Gasteiger partial charge in [-0.05, 0) is 43.7 Å². The highest BCUT2D eigenvalue weighted by molar-refractivity contribution is 6.22. The summed E-state index contributed by atoms with van der Waals surface area (Å²) in [6, 6.07) is 11.8. The zero-order chi connectivity index (χ0) is 22.1. The number of phenols is 1. The van der Waals surface area contributed by atoms with E-state index in [1.165, 1.54) is 12.1 Å². The summed E-state index contributed by atoms with van der Waals surface area (Å²) >= 11 is 0. The van der Waals surface area contributed by atoms with Crippen LogP contribution in [0.1, 0.15) is 44.4 Å².